The molecular weight excluding hydrogens is 422 g/mol. The Bertz CT molecular complexity index is 900. The van der Waals surface area contributed by atoms with E-state index in [0.717, 1.165) is 29.1 Å². The van der Waals surface area contributed by atoms with Crippen LogP contribution in [0.1, 0.15) is 29.0 Å². The average Bonchev–Trinajstić information content (AvgIpc) is 3.11. The smallest absolute Gasteiger partial charge is 0.287 e. The van der Waals surface area contributed by atoms with Crippen molar-refractivity contribution in [2.75, 3.05) is 26.0 Å². The van der Waals surface area contributed by atoms with Gasteiger partial charge in [-0.1, -0.05) is 28.1 Å². The number of carbonyl (C=O) groups is 1. The molecule has 1 aromatic heterocycles. The van der Waals surface area contributed by atoms with Gasteiger partial charge in [-0.15, -0.1) is 0 Å². The minimum absolute atomic E-state index is 0.0122. The topological polar surface area (TPSA) is 85.6 Å². The molecule has 0 atom stereocenters. The number of ether oxygens (including phenoxy) is 1. The molecule has 1 amide bonds. The summed E-state index contributed by atoms with van der Waals surface area (Å²) in [6, 6.07) is 10.7. The highest BCUT2D eigenvalue weighted by Crippen LogP contribution is 2.35. The summed E-state index contributed by atoms with van der Waals surface area (Å²) in [4.78, 5) is 12.4. The zero-order valence-electron chi connectivity index (χ0n) is 14.3. The second kappa shape index (κ2) is 7.54. The number of halogens is 1. The van der Waals surface area contributed by atoms with Gasteiger partial charge in [0.05, 0.1) is 0 Å². The van der Waals surface area contributed by atoms with Crippen molar-refractivity contribution in [1.82, 2.24) is 5.32 Å². The van der Waals surface area contributed by atoms with Crippen molar-refractivity contribution in [2.24, 2.45) is 0 Å². The maximum atomic E-state index is 12.4. The third-order valence-electron chi connectivity index (χ3n) is 4.64. The van der Waals surface area contributed by atoms with Crippen molar-refractivity contribution >= 4 is 31.7 Å². The third-order valence-corrected chi connectivity index (χ3v) is 6.09. The van der Waals surface area contributed by atoms with Crippen LogP contribution in [-0.4, -0.2) is 40.3 Å². The van der Waals surface area contributed by atoms with Crippen LogP contribution in [0, 0.1) is 0 Å². The predicted octanol–water partition coefficient (Wildman–Crippen LogP) is 2.92. The number of furan rings is 1. The fraction of sp³-hybridized carbons (Fsp3) is 0.389. The molecule has 0 spiro atoms. The summed E-state index contributed by atoms with van der Waals surface area (Å²) < 4.78 is 34.7. The fourth-order valence-corrected chi connectivity index (χ4v) is 4.08. The lowest BCUT2D eigenvalue weighted by atomic mass is 9.74. The van der Waals surface area contributed by atoms with E-state index in [1.807, 2.05) is 12.1 Å². The lowest BCUT2D eigenvalue weighted by Gasteiger charge is -2.38. The van der Waals surface area contributed by atoms with Crippen LogP contribution in [0.5, 0.6) is 0 Å². The number of amides is 1. The summed E-state index contributed by atoms with van der Waals surface area (Å²) in [5.41, 5.74) is 0.899. The Morgan fingerprint density at radius 2 is 1.96 bits per heavy atom. The lowest BCUT2D eigenvalue weighted by molar-refractivity contribution is 0.0484. The van der Waals surface area contributed by atoms with Gasteiger partial charge in [0.2, 0.25) is 14.9 Å². The van der Waals surface area contributed by atoms with Crippen molar-refractivity contribution in [2.45, 2.75) is 23.3 Å². The van der Waals surface area contributed by atoms with Crippen LogP contribution in [0.3, 0.4) is 0 Å². The zero-order chi connectivity index (χ0) is 18.8. The predicted molar refractivity (Wildman–Crippen MR) is 100 cm³/mol. The van der Waals surface area contributed by atoms with E-state index in [0.29, 0.717) is 19.8 Å². The minimum atomic E-state index is -3.48. The van der Waals surface area contributed by atoms with Gasteiger partial charge in [0.15, 0.2) is 5.76 Å². The lowest BCUT2D eigenvalue weighted by Crippen LogP contribution is -2.44. The highest BCUT2D eigenvalue weighted by molar-refractivity contribution is 9.10. The maximum absolute atomic E-state index is 12.4. The summed E-state index contributed by atoms with van der Waals surface area (Å²) in [7, 11) is -3.48. The summed E-state index contributed by atoms with van der Waals surface area (Å²) in [5.74, 6) is -0.442. The number of carbonyl (C=O) groups excluding carboxylic acids is 1. The molecule has 1 fully saturated rings. The summed E-state index contributed by atoms with van der Waals surface area (Å²) >= 11 is 3.50. The van der Waals surface area contributed by atoms with Crippen LogP contribution in [0.25, 0.3) is 0 Å². The summed E-state index contributed by atoms with van der Waals surface area (Å²) in [5, 5.41) is 2.68. The van der Waals surface area contributed by atoms with Gasteiger partial charge in [0.25, 0.3) is 5.91 Å². The quantitative estimate of drug-likeness (QED) is 0.770. The van der Waals surface area contributed by atoms with Crippen LogP contribution in [-0.2, 0) is 20.0 Å². The SMILES string of the molecule is CS(=O)(=O)c1ccc(C(=O)NCC2(c3cccc(Br)c3)CCOCC2)o1. The molecule has 0 unspecified atom stereocenters. The van der Waals surface area contributed by atoms with E-state index in [1.165, 1.54) is 12.1 Å². The fourth-order valence-electron chi connectivity index (χ4n) is 3.13. The first-order valence-electron chi connectivity index (χ1n) is 8.22. The van der Waals surface area contributed by atoms with Gasteiger partial charge < -0.3 is 14.5 Å². The van der Waals surface area contributed by atoms with Crippen molar-refractivity contribution in [3.05, 3.63) is 52.2 Å². The van der Waals surface area contributed by atoms with Crippen molar-refractivity contribution in [3.8, 4) is 0 Å². The third kappa shape index (κ3) is 4.19. The molecule has 2 heterocycles. The second-order valence-corrected chi connectivity index (χ2v) is 9.34. The Labute approximate surface area is 161 Å². The molecule has 1 aromatic carbocycles. The zero-order valence-corrected chi connectivity index (χ0v) is 16.7. The first-order valence-corrected chi connectivity index (χ1v) is 10.9. The van der Waals surface area contributed by atoms with Crippen molar-refractivity contribution in [1.29, 1.82) is 0 Å². The second-order valence-electron chi connectivity index (χ2n) is 6.48. The van der Waals surface area contributed by atoms with E-state index in [-0.39, 0.29) is 16.3 Å². The van der Waals surface area contributed by atoms with Gasteiger partial charge in [-0.25, -0.2) is 8.42 Å². The molecule has 0 radical (unpaired) electrons. The maximum Gasteiger partial charge on any atom is 0.287 e. The molecule has 26 heavy (non-hydrogen) atoms. The number of nitrogens with one attached hydrogen (secondary N) is 1. The van der Waals surface area contributed by atoms with Gasteiger partial charge in [0, 0.05) is 35.9 Å². The molecule has 6 nitrogen and oxygen atoms in total. The molecular formula is C18H20BrNO5S. The molecule has 1 saturated heterocycles. The molecule has 0 saturated carbocycles. The van der Waals surface area contributed by atoms with Crippen LogP contribution in [0.15, 0.2) is 50.4 Å². The molecule has 140 valence electrons. The largest absolute Gasteiger partial charge is 0.440 e. The van der Waals surface area contributed by atoms with E-state index in [1.54, 1.807) is 0 Å². The Kier molecular flexibility index (Phi) is 5.55. The molecule has 1 N–H and O–H groups in total. The molecule has 1 aliphatic rings. The monoisotopic (exact) mass is 441 g/mol. The highest BCUT2D eigenvalue weighted by atomic mass is 79.9. The van der Waals surface area contributed by atoms with Crippen molar-refractivity contribution < 1.29 is 22.4 Å². The summed E-state index contributed by atoms with van der Waals surface area (Å²) in [6.07, 6.45) is 2.62. The normalized spacial score (nSPS) is 17.0. The standard InChI is InChI=1S/C18H20BrNO5S/c1-26(22,23)16-6-5-15(25-16)17(21)20-12-18(7-9-24-10-8-18)13-3-2-4-14(19)11-13/h2-6,11H,7-10,12H2,1H3,(H,20,21). The Morgan fingerprint density at radius 1 is 1.23 bits per heavy atom. The molecule has 2 aromatic rings. The van der Waals surface area contributed by atoms with Crippen LogP contribution in [0.4, 0.5) is 0 Å². The summed E-state index contributed by atoms with van der Waals surface area (Å²) in [6.45, 7) is 1.67. The molecule has 0 aliphatic carbocycles. The van der Waals surface area contributed by atoms with Crippen LogP contribution < -0.4 is 5.32 Å². The van der Waals surface area contributed by atoms with E-state index in [4.69, 9.17) is 9.15 Å². The van der Waals surface area contributed by atoms with Crippen molar-refractivity contribution in [3.63, 3.8) is 0 Å². The van der Waals surface area contributed by atoms with E-state index in [9.17, 15) is 13.2 Å². The van der Waals surface area contributed by atoms with Crippen LogP contribution >= 0.6 is 15.9 Å². The van der Waals surface area contributed by atoms with E-state index >= 15 is 0 Å². The van der Waals surface area contributed by atoms with Gasteiger partial charge >= 0.3 is 0 Å². The number of hydrogen-bond acceptors (Lipinski definition) is 5. The molecule has 3 rings (SSSR count). The number of sulfone groups is 1. The van der Waals surface area contributed by atoms with Crippen LogP contribution in [0.2, 0.25) is 0 Å². The van der Waals surface area contributed by atoms with Gasteiger partial charge in [-0.3, -0.25) is 4.79 Å². The average molecular weight is 442 g/mol. The molecule has 1 aliphatic heterocycles. The number of hydrogen-bond donors (Lipinski definition) is 1. The van der Waals surface area contributed by atoms with Gasteiger partial charge in [-0.05, 0) is 42.7 Å². The Hall–Kier alpha value is -1.64. The first-order chi connectivity index (χ1) is 12.3. The molecule has 0 bridgehead atoms. The van der Waals surface area contributed by atoms with E-state index in [2.05, 4.69) is 33.4 Å². The minimum Gasteiger partial charge on any atom is -0.440 e. The molecule has 8 heteroatoms. The van der Waals surface area contributed by atoms with E-state index < -0.39 is 15.7 Å². The van der Waals surface area contributed by atoms with Gasteiger partial charge in [-0.2, -0.15) is 0 Å². The highest BCUT2D eigenvalue weighted by Gasteiger charge is 2.35. The van der Waals surface area contributed by atoms with Gasteiger partial charge in [0.1, 0.15) is 0 Å². The number of rotatable bonds is 5. The Balaban J connectivity index is 1.78. The first kappa shape index (κ1) is 19.1. The Morgan fingerprint density at radius 3 is 2.58 bits per heavy atom. The number of benzene rings is 1.